The number of rotatable bonds is 4. The molecule has 7 nitrogen and oxygen atoms in total. The van der Waals surface area contributed by atoms with E-state index in [0.29, 0.717) is 19.4 Å². The van der Waals surface area contributed by atoms with Crippen LogP contribution in [-0.2, 0) is 18.3 Å². The number of aromatic amines is 1. The van der Waals surface area contributed by atoms with Gasteiger partial charge in [0.1, 0.15) is 17.7 Å². The van der Waals surface area contributed by atoms with Gasteiger partial charge in [-0.25, -0.2) is 9.97 Å². The highest BCUT2D eigenvalue weighted by Crippen LogP contribution is 2.22. The lowest BCUT2D eigenvalue weighted by molar-refractivity contribution is -0.134. The molecule has 0 spiro atoms. The molecule has 3 heterocycles. The predicted octanol–water partition coefficient (Wildman–Crippen LogP) is 2.55. The SMILES string of the molecule is Cc1cccc2[nH]c(CCC(=O)N3CCNCC3c3nccn3C)nc12.Cl.Cl. The first kappa shape index (κ1) is 22.2. The van der Waals surface area contributed by atoms with Crippen LogP contribution in [0.1, 0.15) is 29.7 Å². The van der Waals surface area contributed by atoms with Crippen LogP contribution in [0.15, 0.2) is 30.6 Å². The zero-order valence-corrected chi connectivity index (χ0v) is 17.6. The van der Waals surface area contributed by atoms with Gasteiger partial charge in [-0.2, -0.15) is 0 Å². The topological polar surface area (TPSA) is 78.8 Å². The van der Waals surface area contributed by atoms with E-state index >= 15 is 0 Å². The number of fused-ring (bicyclic) bond motifs is 1. The van der Waals surface area contributed by atoms with Crippen LogP contribution in [0.3, 0.4) is 0 Å². The lowest BCUT2D eigenvalue weighted by Gasteiger charge is -2.35. The Morgan fingerprint density at radius 3 is 2.86 bits per heavy atom. The maximum atomic E-state index is 12.9. The molecule has 1 amide bonds. The van der Waals surface area contributed by atoms with Gasteiger partial charge in [0, 0.05) is 51.9 Å². The number of benzene rings is 1. The van der Waals surface area contributed by atoms with Crippen LogP contribution in [0.2, 0.25) is 0 Å². The molecule has 1 aromatic carbocycles. The van der Waals surface area contributed by atoms with Crippen LogP contribution in [0.5, 0.6) is 0 Å². The average molecular weight is 425 g/mol. The Morgan fingerprint density at radius 2 is 2.14 bits per heavy atom. The molecule has 152 valence electrons. The fraction of sp³-hybridized carbons (Fsp3) is 0.421. The smallest absolute Gasteiger partial charge is 0.223 e. The quantitative estimate of drug-likeness (QED) is 0.674. The van der Waals surface area contributed by atoms with Gasteiger partial charge in [-0.05, 0) is 18.6 Å². The predicted molar refractivity (Wildman–Crippen MR) is 114 cm³/mol. The molecule has 2 aromatic heterocycles. The standard InChI is InChI=1S/C19H24N6O.2ClH/c1-13-4-3-5-14-18(13)23-16(22-14)6-7-17(26)25-11-8-20-12-15(25)19-21-9-10-24(19)2;;/h3-5,9-10,15,20H,6-8,11-12H2,1-2H3,(H,22,23);2*1H. The minimum absolute atomic E-state index is 0. The number of carbonyl (C=O) groups is 1. The second-order valence-corrected chi connectivity index (χ2v) is 6.86. The third kappa shape index (κ3) is 4.32. The first-order valence-corrected chi connectivity index (χ1v) is 9.05. The third-order valence-electron chi connectivity index (χ3n) is 5.06. The summed E-state index contributed by atoms with van der Waals surface area (Å²) in [5.41, 5.74) is 3.16. The Morgan fingerprint density at radius 1 is 1.32 bits per heavy atom. The number of nitrogens with one attached hydrogen (secondary N) is 2. The van der Waals surface area contributed by atoms with Crippen LogP contribution in [0.4, 0.5) is 0 Å². The summed E-state index contributed by atoms with van der Waals surface area (Å²) in [5.74, 6) is 1.94. The highest BCUT2D eigenvalue weighted by atomic mass is 35.5. The number of hydrogen-bond acceptors (Lipinski definition) is 4. The maximum absolute atomic E-state index is 12.9. The van der Waals surface area contributed by atoms with E-state index in [-0.39, 0.29) is 36.8 Å². The minimum Gasteiger partial charge on any atom is -0.342 e. The first-order valence-electron chi connectivity index (χ1n) is 9.05. The Kier molecular flexibility index (Phi) is 7.46. The van der Waals surface area contributed by atoms with Crippen molar-refractivity contribution in [3.63, 3.8) is 0 Å². The number of nitrogens with zero attached hydrogens (tertiary/aromatic N) is 4. The molecule has 0 bridgehead atoms. The van der Waals surface area contributed by atoms with E-state index in [0.717, 1.165) is 41.3 Å². The zero-order chi connectivity index (χ0) is 18.1. The summed E-state index contributed by atoms with van der Waals surface area (Å²) in [6.07, 6.45) is 4.76. The van der Waals surface area contributed by atoms with E-state index in [9.17, 15) is 4.79 Å². The number of imidazole rings is 2. The lowest BCUT2D eigenvalue weighted by Crippen LogP contribution is -2.49. The molecule has 4 rings (SSSR count). The summed E-state index contributed by atoms with van der Waals surface area (Å²) >= 11 is 0. The Labute approximate surface area is 176 Å². The molecule has 3 aromatic rings. The molecule has 1 atom stereocenters. The van der Waals surface area contributed by atoms with Crippen molar-refractivity contribution in [1.29, 1.82) is 0 Å². The summed E-state index contributed by atoms with van der Waals surface area (Å²) in [7, 11) is 1.97. The molecule has 0 aliphatic carbocycles. The van der Waals surface area contributed by atoms with E-state index in [1.807, 2.05) is 34.8 Å². The van der Waals surface area contributed by atoms with Gasteiger partial charge in [0.05, 0.1) is 11.0 Å². The van der Waals surface area contributed by atoms with Crippen LogP contribution in [0.25, 0.3) is 11.0 Å². The second-order valence-electron chi connectivity index (χ2n) is 6.86. The molecule has 1 aliphatic heterocycles. The van der Waals surface area contributed by atoms with Gasteiger partial charge in [-0.3, -0.25) is 4.79 Å². The molecule has 28 heavy (non-hydrogen) atoms. The number of aromatic nitrogens is 4. The normalized spacial score (nSPS) is 16.5. The number of para-hydroxylation sites is 1. The number of halogens is 2. The van der Waals surface area contributed by atoms with Crippen molar-refractivity contribution < 1.29 is 4.79 Å². The average Bonchev–Trinajstić information content (AvgIpc) is 3.26. The highest BCUT2D eigenvalue weighted by Gasteiger charge is 2.30. The molecular weight excluding hydrogens is 399 g/mol. The van der Waals surface area contributed by atoms with Gasteiger partial charge in [0.25, 0.3) is 0 Å². The first-order chi connectivity index (χ1) is 12.6. The van der Waals surface area contributed by atoms with E-state index in [1.54, 1.807) is 6.20 Å². The largest absolute Gasteiger partial charge is 0.342 e. The van der Waals surface area contributed by atoms with Gasteiger partial charge in [-0.1, -0.05) is 12.1 Å². The van der Waals surface area contributed by atoms with Crippen molar-refractivity contribution >= 4 is 41.8 Å². The van der Waals surface area contributed by atoms with Gasteiger partial charge in [0.15, 0.2) is 0 Å². The van der Waals surface area contributed by atoms with Crippen molar-refractivity contribution in [3.8, 4) is 0 Å². The summed E-state index contributed by atoms with van der Waals surface area (Å²) < 4.78 is 1.99. The fourth-order valence-corrected chi connectivity index (χ4v) is 3.65. The van der Waals surface area contributed by atoms with Crippen LogP contribution < -0.4 is 5.32 Å². The van der Waals surface area contributed by atoms with Gasteiger partial charge >= 0.3 is 0 Å². The summed E-state index contributed by atoms with van der Waals surface area (Å²) in [6, 6.07) is 6.07. The Balaban J connectivity index is 0.00000140. The number of hydrogen-bond donors (Lipinski definition) is 2. The van der Waals surface area contributed by atoms with Gasteiger partial charge in [0.2, 0.25) is 5.91 Å². The lowest BCUT2D eigenvalue weighted by atomic mass is 10.1. The van der Waals surface area contributed by atoms with Crippen molar-refractivity contribution in [2.75, 3.05) is 19.6 Å². The molecule has 1 saturated heterocycles. The van der Waals surface area contributed by atoms with E-state index < -0.39 is 0 Å². The Bertz CT molecular complexity index is 938. The van der Waals surface area contributed by atoms with Crippen molar-refractivity contribution in [1.82, 2.24) is 29.7 Å². The van der Waals surface area contributed by atoms with E-state index in [1.165, 1.54) is 0 Å². The maximum Gasteiger partial charge on any atom is 0.223 e. The molecule has 0 radical (unpaired) electrons. The van der Waals surface area contributed by atoms with Crippen LogP contribution >= 0.6 is 24.8 Å². The zero-order valence-electron chi connectivity index (χ0n) is 16.0. The summed E-state index contributed by atoms with van der Waals surface area (Å²) in [5, 5.41) is 3.37. The molecular formula is C19H26Cl2N6O. The molecule has 2 N–H and O–H groups in total. The number of amides is 1. The number of piperazine rings is 1. The Hall–Kier alpha value is -2.09. The van der Waals surface area contributed by atoms with Gasteiger partial charge in [-0.15, -0.1) is 24.8 Å². The molecule has 1 aliphatic rings. The van der Waals surface area contributed by atoms with Crippen molar-refractivity contribution in [3.05, 3.63) is 47.8 Å². The van der Waals surface area contributed by atoms with Gasteiger partial charge < -0.3 is 19.8 Å². The third-order valence-corrected chi connectivity index (χ3v) is 5.06. The molecule has 0 saturated carbocycles. The number of aryl methyl sites for hydroxylation is 3. The number of carbonyl (C=O) groups excluding carboxylic acids is 1. The molecule has 1 unspecified atom stereocenters. The van der Waals surface area contributed by atoms with E-state index in [4.69, 9.17) is 0 Å². The highest BCUT2D eigenvalue weighted by molar-refractivity contribution is 5.85. The fourth-order valence-electron chi connectivity index (χ4n) is 3.65. The van der Waals surface area contributed by atoms with Crippen LogP contribution in [-0.4, -0.2) is 50.0 Å². The monoisotopic (exact) mass is 424 g/mol. The van der Waals surface area contributed by atoms with Crippen molar-refractivity contribution in [2.24, 2.45) is 7.05 Å². The summed E-state index contributed by atoms with van der Waals surface area (Å²) in [4.78, 5) is 27.3. The summed E-state index contributed by atoms with van der Waals surface area (Å²) in [6.45, 7) is 4.31. The second kappa shape index (κ2) is 9.41. The van der Waals surface area contributed by atoms with Crippen molar-refractivity contribution in [2.45, 2.75) is 25.8 Å². The minimum atomic E-state index is -0.0193. The molecule has 9 heteroatoms. The molecule has 1 fully saturated rings. The van der Waals surface area contributed by atoms with Crippen LogP contribution in [0, 0.1) is 6.92 Å². The van der Waals surface area contributed by atoms with E-state index in [2.05, 4.69) is 33.3 Å². The number of H-pyrrole nitrogens is 1.